The minimum absolute atomic E-state index is 0.157. The van der Waals surface area contributed by atoms with Crippen LogP contribution in [-0.4, -0.2) is 25.8 Å². The molecule has 0 aromatic heterocycles. The Labute approximate surface area is 51.2 Å². The molecule has 0 radical (unpaired) electrons. The topological polar surface area (TPSA) is 3.24 Å². The van der Waals surface area contributed by atoms with Crippen LogP contribution in [0.4, 0.5) is 0 Å². The van der Waals surface area contributed by atoms with Crippen molar-refractivity contribution in [3.05, 3.63) is 0 Å². The van der Waals surface area contributed by atoms with Crippen LogP contribution in [-0.2, 0) is 0 Å². The maximum atomic E-state index is 5.05. The molecular formula is C6H8BN. The Morgan fingerprint density at radius 2 is 1.62 bits per heavy atom. The fourth-order valence-electron chi connectivity index (χ4n) is 0.346. The molecule has 2 heteroatoms. The zero-order valence-corrected chi connectivity index (χ0v) is 5.18. The van der Waals surface area contributed by atoms with Gasteiger partial charge in [-0.3, -0.25) is 0 Å². The summed E-state index contributed by atoms with van der Waals surface area (Å²) in [7, 11) is 3.70. The highest BCUT2D eigenvalue weighted by Gasteiger charge is 2.07. The zero-order valence-electron chi connectivity index (χ0n) is 5.18. The van der Waals surface area contributed by atoms with Gasteiger partial charge in [0.25, 0.3) is 0 Å². The molecule has 0 aliphatic carbocycles. The molecule has 0 atom stereocenters. The van der Waals surface area contributed by atoms with Crippen LogP contribution in [0.5, 0.6) is 0 Å². The van der Waals surface area contributed by atoms with E-state index >= 15 is 0 Å². The van der Waals surface area contributed by atoms with Gasteiger partial charge in [-0.25, -0.2) is 0 Å². The molecular weight excluding hydrogens is 96.9 g/mol. The van der Waals surface area contributed by atoms with E-state index in [1.54, 1.807) is 4.81 Å². The molecule has 0 saturated carbocycles. The van der Waals surface area contributed by atoms with Crippen molar-refractivity contribution in [2.24, 2.45) is 0 Å². The molecule has 0 saturated heterocycles. The van der Waals surface area contributed by atoms with Crippen molar-refractivity contribution >= 4 is 6.85 Å². The number of hydrogen-bond donors (Lipinski definition) is 0. The molecule has 0 bridgehead atoms. The van der Waals surface area contributed by atoms with E-state index in [0.29, 0.717) is 0 Å². The van der Waals surface area contributed by atoms with E-state index in [4.69, 9.17) is 12.8 Å². The molecule has 8 heavy (non-hydrogen) atoms. The van der Waals surface area contributed by atoms with E-state index < -0.39 is 0 Å². The predicted octanol–water partition coefficient (Wildman–Crippen LogP) is -0.116. The lowest BCUT2D eigenvalue weighted by Gasteiger charge is -2.06. The van der Waals surface area contributed by atoms with Gasteiger partial charge in [0.2, 0.25) is 0 Å². The van der Waals surface area contributed by atoms with E-state index in [0.717, 1.165) is 0 Å². The molecule has 1 nitrogen and oxygen atoms in total. The monoisotopic (exact) mass is 105 g/mol. The summed E-state index contributed by atoms with van der Waals surface area (Å²) in [5, 5.41) is 0. The molecule has 0 aromatic rings. The maximum Gasteiger partial charge on any atom is 0.396 e. The van der Waals surface area contributed by atoms with Crippen LogP contribution >= 0.6 is 0 Å². The van der Waals surface area contributed by atoms with Crippen LogP contribution in [0.2, 0.25) is 0 Å². The van der Waals surface area contributed by atoms with Gasteiger partial charge in [0, 0.05) is 0 Å². The summed E-state index contributed by atoms with van der Waals surface area (Å²) in [4.78, 5) is 1.81. The SMILES string of the molecule is C#CB(C#C)N(C)C. The van der Waals surface area contributed by atoms with Gasteiger partial charge >= 0.3 is 6.85 Å². The third kappa shape index (κ3) is 1.73. The molecule has 0 aliphatic heterocycles. The lowest BCUT2D eigenvalue weighted by atomic mass is 9.64. The van der Waals surface area contributed by atoms with Crippen LogP contribution in [0.15, 0.2) is 0 Å². The molecule has 0 N–H and O–H groups in total. The highest BCUT2D eigenvalue weighted by molar-refractivity contribution is 6.72. The van der Waals surface area contributed by atoms with Gasteiger partial charge in [-0.15, -0.1) is 24.5 Å². The largest absolute Gasteiger partial charge is 0.396 e. The van der Waals surface area contributed by atoms with Crippen molar-refractivity contribution in [3.8, 4) is 24.5 Å². The lowest BCUT2D eigenvalue weighted by Crippen LogP contribution is -2.29. The quantitative estimate of drug-likeness (QED) is 0.332. The Morgan fingerprint density at radius 3 is 1.62 bits per heavy atom. The molecule has 0 amide bonds. The maximum absolute atomic E-state index is 5.05. The van der Waals surface area contributed by atoms with E-state index in [-0.39, 0.29) is 6.85 Å². The Balaban J connectivity index is 3.81. The summed E-state index contributed by atoms with van der Waals surface area (Å²) in [5.41, 5.74) is 0. The fraction of sp³-hybridized carbons (Fsp3) is 0.333. The number of hydrogen-bond acceptors (Lipinski definition) is 1. The highest BCUT2D eigenvalue weighted by Crippen LogP contribution is 1.79. The Kier molecular flexibility index (Phi) is 2.85. The third-order valence-corrected chi connectivity index (χ3v) is 0.832. The van der Waals surface area contributed by atoms with Gasteiger partial charge in [0.15, 0.2) is 0 Å². The van der Waals surface area contributed by atoms with E-state index in [9.17, 15) is 0 Å². The van der Waals surface area contributed by atoms with Crippen molar-refractivity contribution in [2.45, 2.75) is 0 Å². The van der Waals surface area contributed by atoms with Gasteiger partial charge in [0.05, 0.1) is 0 Å². The number of terminal acetylenes is 2. The number of nitrogens with zero attached hydrogens (tertiary/aromatic N) is 1. The molecule has 0 aromatic carbocycles. The molecule has 0 rings (SSSR count). The Hall–Kier alpha value is -0.855. The predicted molar refractivity (Wildman–Crippen MR) is 37.1 cm³/mol. The summed E-state index contributed by atoms with van der Waals surface area (Å²) in [6.07, 6.45) is 10.1. The molecule has 0 unspecified atom stereocenters. The molecule has 0 spiro atoms. The van der Waals surface area contributed by atoms with Gasteiger partial charge < -0.3 is 4.81 Å². The molecule has 0 aliphatic rings. The first-order chi connectivity index (χ1) is 3.72. The van der Waals surface area contributed by atoms with Crippen molar-refractivity contribution < 1.29 is 0 Å². The number of rotatable bonds is 1. The van der Waals surface area contributed by atoms with E-state index in [1.165, 1.54) is 0 Å². The van der Waals surface area contributed by atoms with Crippen molar-refractivity contribution in [3.63, 3.8) is 0 Å². The Bertz CT molecular complexity index is 124. The second kappa shape index (κ2) is 3.19. The Morgan fingerprint density at radius 1 is 1.25 bits per heavy atom. The average Bonchev–Trinajstić information content (AvgIpc) is 1.69. The first kappa shape index (κ1) is 7.14. The molecule has 40 valence electrons. The first-order valence-electron chi connectivity index (χ1n) is 2.31. The van der Waals surface area contributed by atoms with Gasteiger partial charge in [-0.05, 0) is 14.1 Å². The zero-order chi connectivity index (χ0) is 6.57. The fourth-order valence-corrected chi connectivity index (χ4v) is 0.346. The van der Waals surface area contributed by atoms with Crippen molar-refractivity contribution in [2.75, 3.05) is 14.1 Å². The van der Waals surface area contributed by atoms with Crippen LogP contribution < -0.4 is 0 Å². The standard InChI is InChI=1S/C6H8BN/c1-5-7(6-2)8(3)4/h1-2H,3-4H3. The van der Waals surface area contributed by atoms with Crippen LogP contribution in [0.3, 0.4) is 0 Å². The summed E-state index contributed by atoms with van der Waals surface area (Å²) in [6.45, 7) is -0.157. The minimum Gasteiger partial charge on any atom is -0.326 e. The smallest absolute Gasteiger partial charge is 0.326 e. The summed E-state index contributed by atoms with van der Waals surface area (Å²) < 4.78 is 0. The normalized spacial score (nSPS) is 7.62. The molecule has 0 fully saturated rings. The van der Waals surface area contributed by atoms with E-state index in [1.807, 2.05) is 14.1 Å². The summed E-state index contributed by atoms with van der Waals surface area (Å²) in [6, 6.07) is 0. The van der Waals surface area contributed by atoms with Gasteiger partial charge in [-0.1, -0.05) is 0 Å². The third-order valence-electron chi connectivity index (χ3n) is 0.832. The highest BCUT2D eigenvalue weighted by atomic mass is 15.0. The summed E-state index contributed by atoms with van der Waals surface area (Å²) in [5.74, 6) is 4.88. The summed E-state index contributed by atoms with van der Waals surface area (Å²) >= 11 is 0. The first-order valence-corrected chi connectivity index (χ1v) is 2.31. The van der Waals surface area contributed by atoms with Crippen LogP contribution in [0.25, 0.3) is 0 Å². The van der Waals surface area contributed by atoms with Gasteiger partial charge in [0.1, 0.15) is 0 Å². The average molecular weight is 105 g/mol. The van der Waals surface area contributed by atoms with Crippen molar-refractivity contribution in [1.82, 2.24) is 4.81 Å². The van der Waals surface area contributed by atoms with Crippen LogP contribution in [0, 0.1) is 24.5 Å². The lowest BCUT2D eigenvalue weighted by molar-refractivity contribution is 0.660. The minimum atomic E-state index is -0.157. The second-order valence-electron chi connectivity index (χ2n) is 1.70. The molecule has 0 heterocycles. The van der Waals surface area contributed by atoms with Gasteiger partial charge in [-0.2, -0.15) is 0 Å². The van der Waals surface area contributed by atoms with Crippen LogP contribution in [0.1, 0.15) is 0 Å². The van der Waals surface area contributed by atoms with E-state index in [2.05, 4.69) is 11.6 Å². The second-order valence-corrected chi connectivity index (χ2v) is 1.70. The van der Waals surface area contributed by atoms with Crippen molar-refractivity contribution in [1.29, 1.82) is 0 Å².